The summed E-state index contributed by atoms with van der Waals surface area (Å²) in [7, 11) is 0. The molecule has 0 saturated carbocycles. The minimum Gasteiger partial charge on any atom is -0.388 e. The van der Waals surface area contributed by atoms with E-state index in [1.54, 1.807) is 13.0 Å². The van der Waals surface area contributed by atoms with Crippen LogP contribution in [0, 0.1) is 5.92 Å². The Bertz CT molecular complexity index is 723. The molecule has 0 aliphatic heterocycles. The number of rotatable bonds is 4. The second-order valence-corrected chi connectivity index (χ2v) is 6.21. The zero-order valence-corrected chi connectivity index (χ0v) is 13.6. The molecule has 0 saturated heterocycles. The third-order valence-corrected chi connectivity index (χ3v) is 4.06. The molecule has 5 nitrogen and oxygen atoms in total. The van der Waals surface area contributed by atoms with Crippen molar-refractivity contribution in [3.05, 3.63) is 42.5 Å². The zero-order chi connectivity index (χ0) is 17.0. The van der Waals surface area contributed by atoms with Crippen LogP contribution < -0.4 is 10.6 Å². The Labute approximate surface area is 135 Å². The Kier molecular flexibility index (Phi) is 5.01. The summed E-state index contributed by atoms with van der Waals surface area (Å²) in [6.07, 6.45) is 0. The van der Waals surface area contributed by atoms with E-state index in [4.69, 9.17) is 0 Å². The van der Waals surface area contributed by atoms with E-state index in [0.29, 0.717) is 5.69 Å². The molecule has 0 spiro atoms. The SMILES string of the molecule is CC(C)C(C)(O)CNC(=O)C(=O)Nc1ccc2ccccc2c1. The van der Waals surface area contributed by atoms with Gasteiger partial charge in [-0.3, -0.25) is 9.59 Å². The number of anilines is 1. The zero-order valence-electron chi connectivity index (χ0n) is 13.6. The van der Waals surface area contributed by atoms with Crippen LogP contribution in [-0.4, -0.2) is 29.1 Å². The summed E-state index contributed by atoms with van der Waals surface area (Å²) in [6, 6.07) is 13.2. The van der Waals surface area contributed by atoms with E-state index in [1.807, 2.05) is 50.2 Å². The number of carbonyl (C=O) groups is 2. The largest absolute Gasteiger partial charge is 0.388 e. The molecule has 122 valence electrons. The van der Waals surface area contributed by atoms with Crippen molar-refractivity contribution in [3.8, 4) is 0 Å². The van der Waals surface area contributed by atoms with Gasteiger partial charge in [0, 0.05) is 12.2 Å². The van der Waals surface area contributed by atoms with E-state index in [0.717, 1.165) is 10.8 Å². The van der Waals surface area contributed by atoms with Crippen molar-refractivity contribution in [2.24, 2.45) is 5.92 Å². The number of amides is 2. The highest BCUT2D eigenvalue weighted by atomic mass is 16.3. The number of benzene rings is 2. The van der Waals surface area contributed by atoms with Gasteiger partial charge in [-0.05, 0) is 35.7 Å². The highest BCUT2D eigenvalue weighted by Gasteiger charge is 2.26. The van der Waals surface area contributed by atoms with Crippen molar-refractivity contribution in [3.63, 3.8) is 0 Å². The minimum atomic E-state index is -1.06. The third-order valence-electron chi connectivity index (χ3n) is 4.06. The number of hydrogen-bond donors (Lipinski definition) is 3. The Morgan fingerprint density at radius 2 is 1.74 bits per heavy atom. The molecule has 0 heterocycles. The summed E-state index contributed by atoms with van der Waals surface area (Å²) in [5.74, 6) is -1.55. The molecule has 0 aromatic heterocycles. The lowest BCUT2D eigenvalue weighted by Crippen LogP contribution is -2.47. The Balaban J connectivity index is 1.98. The van der Waals surface area contributed by atoms with Gasteiger partial charge in [-0.2, -0.15) is 0 Å². The molecule has 23 heavy (non-hydrogen) atoms. The predicted molar refractivity (Wildman–Crippen MR) is 91.0 cm³/mol. The first-order valence-corrected chi connectivity index (χ1v) is 7.60. The van der Waals surface area contributed by atoms with Gasteiger partial charge >= 0.3 is 11.8 Å². The molecule has 0 aliphatic carbocycles. The van der Waals surface area contributed by atoms with Gasteiger partial charge in [-0.1, -0.05) is 44.2 Å². The van der Waals surface area contributed by atoms with E-state index in [-0.39, 0.29) is 12.5 Å². The summed E-state index contributed by atoms with van der Waals surface area (Å²) >= 11 is 0. The highest BCUT2D eigenvalue weighted by molar-refractivity contribution is 6.39. The topological polar surface area (TPSA) is 78.4 Å². The van der Waals surface area contributed by atoms with Crippen LogP contribution in [-0.2, 0) is 9.59 Å². The van der Waals surface area contributed by atoms with E-state index >= 15 is 0 Å². The number of nitrogens with one attached hydrogen (secondary N) is 2. The maximum Gasteiger partial charge on any atom is 0.313 e. The molecule has 0 aliphatic rings. The molecule has 0 fully saturated rings. The molecule has 2 aromatic rings. The molecule has 1 unspecified atom stereocenters. The maximum atomic E-state index is 11.9. The second-order valence-electron chi connectivity index (χ2n) is 6.21. The first kappa shape index (κ1) is 17.0. The quantitative estimate of drug-likeness (QED) is 0.758. The first-order chi connectivity index (χ1) is 10.8. The summed E-state index contributed by atoms with van der Waals surface area (Å²) < 4.78 is 0. The number of hydrogen-bond acceptors (Lipinski definition) is 3. The summed E-state index contributed by atoms with van der Waals surface area (Å²) in [4.78, 5) is 23.8. The number of fused-ring (bicyclic) bond motifs is 1. The lowest BCUT2D eigenvalue weighted by Gasteiger charge is -2.27. The van der Waals surface area contributed by atoms with E-state index in [1.165, 1.54) is 0 Å². The molecule has 0 bridgehead atoms. The smallest absolute Gasteiger partial charge is 0.313 e. The highest BCUT2D eigenvalue weighted by Crippen LogP contribution is 2.19. The fourth-order valence-corrected chi connectivity index (χ4v) is 2.00. The van der Waals surface area contributed by atoms with E-state index < -0.39 is 17.4 Å². The van der Waals surface area contributed by atoms with Gasteiger partial charge in [0.2, 0.25) is 0 Å². The summed E-state index contributed by atoms with van der Waals surface area (Å²) in [6.45, 7) is 5.34. The third kappa shape index (κ3) is 4.29. The average molecular weight is 314 g/mol. The van der Waals surface area contributed by atoms with Gasteiger partial charge in [0.1, 0.15) is 0 Å². The molecule has 2 amide bonds. The molecule has 5 heteroatoms. The fraction of sp³-hybridized carbons (Fsp3) is 0.333. The average Bonchev–Trinajstić information content (AvgIpc) is 2.52. The monoisotopic (exact) mass is 314 g/mol. The summed E-state index contributed by atoms with van der Waals surface area (Å²) in [5.41, 5.74) is -0.502. The lowest BCUT2D eigenvalue weighted by atomic mass is 9.92. The van der Waals surface area contributed by atoms with E-state index in [2.05, 4.69) is 10.6 Å². The Morgan fingerprint density at radius 3 is 2.39 bits per heavy atom. The van der Waals surface area contributed by atoms with Crippen LogP contribution in [0.15, 0.2) is 42.5 Å². The first-order valence-electron chi connectivity index (χ1n) is 7.60. The molecule has 0 radical (unpaired) electrons. The molecule has 2 aromatic carbocycles. The van der Waals surface area contributed by atoms with Crippen LogP contribution in [0.5, 0.6) is 0 Å². The maximum absolute atomic E-state index is 11.9. The number of aliphatic hydroxyl groups is 1. The van der Waals surface area contributed by atoms with Crippen molar-refractivity contribution >= 4 is 28.3 Å². The fourth-order valence-electron chi connectivity index (χ4n) is 2.00. The van der Waals surface area contributed by atoms with Crippen molar-refractivity contribution in [1.82, 2.24) is 5.32 Å². The normalized spacial score (nSPS) is 13.6. The van der Waals surface area contributed by atoms with Crippen LogP contribution in [0.25, 0.3) is 10.8 Å². The van der Waals surface area contributed by atoms with Gasteiger partial charge in [0.25, 0.3) is 0 Å². The van der Waals surface area contributed by atoms with Crippen LogP contribution in [0.3, 0.4) is 0 Å². The van der Waals surface area contributed by atoms with Gasteiger partial charge in [0.15, 0.2) is 0 Å². The second kappa shape index (κ2) is 6.79. The lowest BCUT2D eigenvalue weighted by molar-refractivity contribution is -0.137. The van der Waals surface area contributed by atoms with Crippen LogP contribution in [0.2, 0.25) is 0 Å². The Hall–Kier alpha value is -2.40. The standard InChI is InChI=1S/C18H22N2O3/c1-12(2)18(3,23)11-19-16(21)17(22)20-15-9-8-13-6-4-5-7-14(13)10-15/h4-10,12,23H,11H2,1-3H3,(H,19,21)(H,20,22). The van der Waals surface area contributed by atoms with Crippen molar-refractivity contribution in [1.29, 1.82) is 0 Å². The van der Waals surface area contributed by atoms with Crippen molar-refractivity contribution < 1.29 is 14.7 Å². The van der Waals surface area contributed by atoms with Crippen LogP contribution >= 0.6 is 0 Å². The Morgan fingerprint density at radius 1 is 1.09 bits per heavy atom. The number of carbonyl (C=O) groups excluding carboxylic acids is 2. The van der Waals surface area contributed by atoms with Crippen molar-refractivity contribution in [2.45, 2.75) is 26.4 Å². The molecule has 1 atom stereocenters. The predicted octanol–water partition coefficient (Wildman–Crippen LogP) is 2.30. The van der Waals surface area contributed by atoms with Gasteiger partial charge < -0.3 is 15.7 Å². The van der Waals surface area contributed by atoms with Gasteiger partial charge in [0.05, 0.1) is 5.60 Å². The van der Waals surface area contributed by atoms with Crippen molar-refractivity contribution in [2.75, 3.05) is 11.9 Å². The van der Waals surface area contributed by atoms with Gasteiger partial charge in [-0.25, -0.2) is 0 Å². The molecular formula is C18H22N2O3. The van der Waals surface area contributed by atoms with Gasteiger partial charge in [-0.15, -0.1) is 0 Å². The summed E-state index contributed by atoms with van der Waals surface area (Å²) in [5, 5.41) is 17.1. The molecule has 2 rings (SSSR count). The van der Waals surface area contributed by atoms with Crippen LogP contribution in [0.4, 0.5) is 5.69 Å². The molecule has 3 N–H and O–H groups in total. The van der Waals surface area contributed by atoms with E-state index in [9.17, 15) is 14.7 Å². The molecular weight excluding hydrogens is 292 g/mol. The minimum absolute atomic E-state index is 0.0225. The van der Waals surface area contributed by atoms with Crippen LogP contribution in [0.1, 0.15) is 20.8 Å².